The maximum Gasteiger partial charge on any atom is 0.200 e. The second kappa shape index (κ2) is 8.15. The molecule has 0 saturated carbocycles. The van der Waals surface area contributed by atoms with Gasteiger partial charge in [0.15, 0.2) is 0 Å². The van der Waals surface area contributed by atoms with Crippen molar-refractivity contribution in [3.63, 3.8) is 0 Å². The van der Waals surface area contributed by atoms with Crippen molar-refractivity contribution < 1.29 is 9.46 Å². The Balaban J connectivity index is 2.62. The highest BCUT2D eigenvalue weighted by atomic mass is 31.2. The van der Waals surface area contributed by atoms with E-state index in [1.807, 2.05) is 6.07 Å². The van der Waals surface area contributed by atoms with E-state index in [-0.39, 0.29) is 5.41 Å². The molecule has 0 aromatic heterocycles. The number of benzene rings is 1. The molecule has 1 rings (SSSR count). The van der Waals surface area contributed by atoms with Crippen molar-refractivity contribution in [2.24, 2.45) is 5.41 Å². The Morgan fingerprint density at radius 3 is 2.19 bits per heavy atom. The van der Waals surface area contributed by atoms with Gasteiger partial charge in [0.25, 0.3) is 0 Å². The van der Waals surface area contributed by atoms with E-state index < -0.39 is 7.37 Å². The van der Waals surface area contributed by atoms with Gasteiger partial charge < -0.3 is 4.89 Å². The average molecular weight is 310 g/mol. The molecular weight excluding hydrogens is 279 g/mol. The van der Waals surface area contributed by atoms with Gasteiger partial charge in [-0.05, 0) is 36.2 Å². The van der Waals surface area contributed by atoms with Crippen molar-refractivity contribution in [2.75, 3.05) is 12.3 Å². The van der Waals surface area contributed by atoms with Gasteiger partial charge in [0.05, 0.1) is 0 Å². The molecule has 120 valence electrons. The zero-order valence-corrected chi connectivity index (χ0v) is 14.9. The lowest BCUT2D eigenvalue weighted by Gasteiger charge is -2.31. The van der Waals surface area contributed by atoms with Gasteiger partial charge in [-0.3, -0.25) is 4.57 Å². The first-order chi connectivity index (χ1) is 9.76. The molecular formula is C18H31O2P. The fourth-order valence-electron chi connectivity index (χ4n) is 2.84. The minimum Gasteiger partial charge on any atom is -0.344 e. The first kappa shape index (κ1) is 18.5. The molecule has 0 amide bonds. The molecule has 0 aliphatic rings. The van der Waals surface area contributed by atoms with Gasteiger partial charge in [0.1, 0.15) is 0 Å². The van der Waals surface area contributed by atoms with Crippen molar-refractivity contribution >= 4 is 7.37 Å². The summed E-state index contributed by atoms with van der Waals surface area (Å²) in [7, 11) is -2.91. The van der Waals surface area contributed by atoms with Crippen LogP contribution in [0.3, 0.4) is 0 Å². The van der Waals surface area contributed by atoms with Crippen molar-refractivity contribution in [1.29, 1.82) is 0 Å². The van der Waals surface area contributed by atoms with E-state index in [1.54, 1.807) is 0 Å². The average Bonchev–Trinajstić information content (AvgIpc) is 2.41. The Bertz CT molecular complexity index is 448. The maximum atomic E-state index is 12.1. The normalized spacial score (nSPS) is 16.4. The predicted octanol–water partition coefficient (Wildman–Crippen LogP) is 5.67. The Kier molecular flexibility index (Phi) is 7.16. The zero-order chi connectivity index (χ0) is 15.9. The van der Waals surface area contributed by atoms with E-state index in [1.165, 1.54) is 5.56 Å². The molecule has 1 N–H and O–H groups in total. The van der Waals surface area contributed by atoms with Crippen LogP contribution in [-0.4, -0.2) is 17.2 Å². The van der Waals surface area contributed by atoms with Gasteiger partial charge in [-0.1, -0.05) is 64.4 Å². The second-order valence-electron chi connectivity index (χ2n) is 7.12. The molecule has 0 saturated heterocycles. The quantitative estimate of drug-likeness (QED) is 0.628. The van der Waals surface area contributed by atoms with Crippen LogP contribution in [0.5, 0.6) is 0 Å². The molecule has 0 spiro atoms. The van der Waals surface area contributed by atoms with Crippen LogP contribution in [0.25, 0.3) is 0 Å². The van der Waals surface area contributed by atoms with Gasteiger partial charge in [0.2, 0.25) is 7.37 Å². The Morgan fingerprint density at radius 1 is 1.10 bits per heavy atom. The van der Waals surface area contributed by atoms with E-state index in [9.17, 15) is 9.46 Å². The largest absolute Gasteiger partial charge is 0.344 e. The summed E-state index contributed by atoms with van der Waals surface area (Å²) in [5.41, 5.74) is 1.51. The third-order valence-electron chi connectivity index (χ3n) is 4.11. The molecule has 0 aliphatic heterocycles. The Morgan fingerprint density at radius 2 is 1.67 bits per heavy atom. The van der Waals surface area contributed by atoms with Crippen molar-refractivity contribution in [3.8, 4) is 0 Å². The molecule has 0 heterocycles. The summed E-state index contributed by atoms with van der Waals surface area (Å²) >= 11 is 0. The number of hydrogen-bond donors (Lipinski definition) is 1. The van der Waals surface area contributed by atoms with Gasteiger partial charge in [-0.15, -0.1) is 0 Å². The minimum absolute atomic E-state index is 0.171. The predicted molar refractivity (Wildman–Crippen MR) is 92.3 cm³/mol. The molecule has 0 fully saturated rings. The molecule has 0 bridgehead atoms. The van der Waals surface area contributed by atoms with E-state index in [4.69, 9.17) is 0 Å². The minimum atomic E-state index is -2.91. The van der Waals surface area contributed by atoms with Crippen LogP contribution in [0.1, 0.15) is 64.9 Å². The second-order valence-corrected chi connectivity index (χ2v) is 9.71. The van der Waals surface area contributed by atoms with Crippen LogP contribution in [0.15, 0.2) is 30.3 Å². The molecule has 1 aromatic rings. The monoisotopic (exact) mass is 310 g/mol. The zero-order valence-electron chi connectivity index (χ0n) is 14.0. The highest BCUT2D eigenvalue weighted by molar-refractivity contribution is 7.57. The van der Waals surface area contributed by atoms with Crippen LogP contribution in [0.4, 0.5) is 0 Å². The van der Waals surface area contributed by atoms with E-state index in [2.05, 4.69) is 52.0 Å². The highest BCUT2D eigenvalue weighted by Crippen LogP contribution is 2.45. The number of unbranched alkanes of at least 4 members (excludes halogenated alkanes) is 1. The fraction of sp³-hybridized carbons (Fsp3) is 0.667. The molecule has 1 aromatic carbocycles. The Hall–Kier alpha value is -0.590. The highest BCUT2D eigenvalue weighted by Gasteiger charge is 2.27. The van der Waals surface area contributed by atoms with Gasteiger partial charge >= 0.3 is 0 Å². The third-order valence-corrected chi connectivity index (χ3v) is 6.14. The molecule has 0 radical (unpaired) electrons. The molecule has 2 atom stereocenters. The standard InChI is InChI=1S/C18H31O2P/c1-5-6-14-21(19,20)15-10-13-17(18(2,3)4)16-11-8-7-9-12-16/h7-9,11-12,17H,5-6,10,13-15H2,1-4H3,(H,19,20). The lowest BCUT2D eigenvalue weighted by Crippen LogP contribution is -2.19. The van der Waals surface area contributed by atoms with Crippen LogP contribution >= 0.6 is 7.37 Å². The van der Waals surface area contributed by atoms with Crippen LogP contribution in [-0.2, 0) is 4.57 Å². The first-order valence-corrected chi connectivity index (χ1v) is 10.1. The smallest absolute Gasteiger partial charge is 0.200 e. The lowest BCUT2D eigenvalue weighted by atomic mass is 9.74. The maximum absolute atomic E-state index is 12.1. The van der Waals surface area contributed by atoms with Crippen molar-refractivity contribution in [3.05, 3.63) is 35.9 Å². The van der Waals surface area contributed by atoms with Crippen LogP contribution in [0.2, 0.25) is 0 Å². The van der Waals surface area contributed by atoms with Gasteiger partial charge in [0, 0.05) is 12.3 Å². The van der Waals surface area contributed by atoms with E-state index in [0.29, 0.717) is 18.2 Å². The van der Waals surface area contributed by atoms with Crippen LogP contribution in [0, 0.1) is 5.41 Å². The number of hydrogen-bond acceptors (Lipinski definition) is 1. The summed E-state index contributed by atoms with van der Waals surface area (Å²) in [6.07, 6.45) is 4.59. The van der Waals surface area contributed by atoms with Gasteiger partial charge in [-0.2, -0.15) is 0 Å². The van der Waals surface area contributed by atoms with Crippen molar-refractivity contribution in [2.45, 2.75) is 59.3 Å². The van der Waals surface area contributed by atoms with E-state index >= 15 is 0 Å². The molecule has 21 heavy (non-hydrogen) atoms. The molecule has 2 nitrogen and oxygen atoms in total. The SMILES string of the molecule is CCCCP(=O)(O)CCCC(c1ccccc1)C(C)(C)C. The summed E-state index contributed by atoms with van der Waals surface area (Å²) < 4.78 is 12.1. The summed E-state index contributed by atoms with van der Waals surface area (Å²) in [6, 6.07) is 10.5. The third kappa shape index (κ3) is 6.80. The lowest BCUT2D eigenvalue weighted by molar-refractivity contribution is 0.302. The molecule has 2 unspecified atom stereocenters. The topological polar surface area (TPSA) is 37.3 Å². The van der Waals surface area contributed by atoms with Crippen molar-refractivity contribution in [1.82, 2.24) is 0 Å². The molecule has 3 heteroatoms. The summed E-state index contributed by atoms with van der Waals surface area (Å²) in [5.74, 6) is 0.435. The van der Waals surface area contributed by atoms with Crippen LogP contribution < -0.4 is 0 Å². The molecule has 0 aliphatic carbocycles. The number of rotatable bonds is 8. The summed E-state index contributed by atoms with van der Waals surface area (Å²) in [6.45, 7) is 8.81. The summed E-state index contributed by atoms with van der Waals surface area (Å²) in [4.78, 5) is 9.99. The van der Waals surface area contributed by atoms with E-state index in [0.717, 1.165) is 25.7 Å². The van der Waals surface area contributed by atoms with Gasteiger partial charge in [-0.25, -0.2) is 0 Å². The fourth-order valence-corrected chi connectivity index (χ4v) is 4.56. The first-order valence-electron chi connectivity index (χ1n) is 8.12. The Labute approximate surface area is 130 Å². The summed E-state index contributed by atoms with van der Waals surface area (Å²) in [5, 5.41) is 0.